The molecule has 0 aromatic heterocycles. The standard InChI is InChI=1S/C17H23N3O3/c1-11(2)20-10-13(8-16(20)22)9-18-17(23)14-4-6-15(7-5-14)19-12(3)21/h4-7,11,13H,8-10H2,1-3H3,(H,18,23)(H,19,21). The van der Waals surface area contributed by atoms with Crippen molar-refractivity contribution in [2.45, 2.75) is 33.2 Å². The smallest absolute Gasteiger partial charge is 0.251 e. The van der Waals surface area contributed by atoms with Crippen molar-refractivity contribution in [1.82, 2.24) is 10.2 Å². The molecule has 1 aromatic carbocycles. The first kappa shape index (κ1) is 17.0. The second-order valence-electron chi connectivity index (χ2n) is 6.18. The highest BCUT2D eigenvalue weighted by atomic mass is 16.2. The summed E-state index contributed by atoms with van der Waals surface area (Å²) in [6.07, 6.45) is 0.486. The van der Waals surface area contributed by atoms with Crippen molar-refractivity contribution in [3.8, 4) is 0 Å². The Labute approximate surface area is 136 Å². The van der Waals surface area contributed by atoms with Crippen LogP contribution in [-0.2, 0) is 9.59 Å². The number of benzene rings is 1. The van der Waals surface area contributed by atoms with Crippen LogP contribution in [0.4, 0.5) is 5.69 Å². The zero-order chi connectivity index (χ0) is 17.0. The van der Waals surface area contributed by atoms with Crippen LogP contribution in [0.1, 0.15) is 37.6 Å². The lowest BCUT2D eigenvalue weighted by Gasteiger charge is -2.21. The lowest BCUT2D eigenvalue weighted by Crippen LogP contribution is -2.34. The summed E-state index contributed by atoms with van der Waals surface area (Å²) in [7, 11) is 0. The number of carbonyl (C=O) groups is 3. The fourth-order valence-electron chi connectivity index (χ4n) is 2.69. The van der Waals surface area contributed by atoms with Crippen LogP contribution < -0.4 is 10.6 Å². The van der Waals surface area contributed by atoms with Crippen molar-refractivity contribution < 1.29 is 14.4 Å². The molecule has 1 unspecified atom stereocenters. The molecule has 0 spiro atoms. The molecule has 0 aliphatic carbocycles. The van der Waals surface area contributed by atoms with E-state index in [1.165, 1.54) is 6.92 Å². The van der Waals surface area contributed by atoms with E-state index in [0.717, 1.165) is 0 Å². The summed E-state index contributed by atoms with van der Waals surface area (Å²) in [5, 5.41) is 5.53. The third kappa shape index (κ3) is 4.55. The van der Waals surface area contributed by atoms with Gasteiger partial charge in [-0.2, -0.15) is 0 Å². The highest BCUT2D eigenvalue weighted by Gasteiger charge is 2.31. The van der Waals surface area contributed by atoms with Crippen molar-refractivity contribution in [3.05, 3.63) is 29.8 Å². The fourth-order valence-corrected chi connectivity index (χ4v) is 2.69. The molecule has 3 amide bonds. The van der Waals surface area contributed by atoms with Gasteiger partial charge in [0, 0.05) is 49.6 Å². The highest BCUT2D eigenvalue weighted by molar-refractivity contribution is 5.95. The van der Waals surface area contributed by atoms with Gasteiger partial charge >= 0.3 is 0 Å². The van der Waals surface area contributed by atoms with Crippen LogP contribution in [0.3, 0.4) is 0 Å². The Hall–Kier alpha value is -2.37. The molecule has 1 atom stereocenters. The quantitative estimate of drug-likeness (QED) is 0.866. The molecule has 6 heteroatoms. The van der Waals surface area contributed by atoms with E-state index in [9.17, 15) is 14.4 Å². The van der Waals surface area contributed by atoms with Crippen LogP contribution in [-0.4, -0.2) is 41.8 Å². The Morgan fingerprint density at radius 2 is 1.91 bits per heavy atom. The van der Waals surface area contributed by atoms with E-state index >= 15 is 0 Å². The van der Waals surface area contributed by atoms with Crippen molar-refractivity contribution >= 4 is 23.4 Å². The second-order valence-corrected chi connectivity index (χ2v) is 6.18. The van der Waals surface area contributed by atoms with Crippen molar-refractivity contribution in [3.63, 3.8) is 0 Å². The molecule has 1 aliphatic rings. The van der Waals surface area contributed by atoms with E-state index in [-0.39, 0.29) is 29.7 Å². The van der Waals surface area contributed by atoms with Crippen LogP contribution in [0.25, 0.3) is 0 Å². The van der Waals surface area contributed by atoms with E-state index < -0.39 is 0 Å². The summed E-state index contributed by atoms with van der Waals surface area (Å²) in [6.45, 7) is 6.61. The minimum Gasteiger partial charge on any atom is -0.352 e. The van der Waals surface area contributed by atoms with Gasteiger partial charge in [-0.1, -0.05) is 0 Å². The van der Waals surface area contributed by atoms with Gasteiger partial charge in [0.1, 0.15) is 0 Å². The first-order chi connectivity index (χ1) is 10.9. The lowest BCUT2D eigenvalue weighted by molar-refractivity contribution is -0.129. The number of anilines is 1. The van der Waals surface area contributed by atoms with Gasteiger partial charge in [-0.05, 0) is 38.1 Å². The summed E-state index contributed by atoms with van der Waals surface area (Å²) < 4.78 is 0. The molecular formula is C17H23N3O3. The number of carbonyl (C=O) groups excluding carboxylic acids is 3. The number of amides is 3. The fraction of sp³-hybridized carbons (Fsp3) is 0.471. The Morgan fingerprint density at radius 3 is 2.43 bits per heavy atom. The molecule has 2 N–H and O–H groups in total. The third-order valence-corrected chi connectivity index (χ3v) is 3.88. The molecular weight excluding hydrogens is 294 g/mol. The van der Waals surface area contributed by atoms with Gasteiger partial charge in [0.25, 0.3) is 5.91 Å². The van der Waals surface area contributed by atoms with Gasteiger partial charge in [0.05, 0.1) is 0 Å². The minimum atomic E-state index is -0.171. The number of hydrogen-bond donors (Lipinski definition) is 2. The molecule has 1 saturated heterocycles. The normalized spacial score (nSPS) is 17.5. The average Bonchev–Trinajstić information content (AvgIpc) is 2.86. The predicted molar refractivity (Wildman–Crippen MR) is 88.0 cm³/mol. The molecule has 1 aliphatic heterocycles. The van der Waals surface area contributed by atoms with Gasteiger partial charge in [-0.25, -0.2) is 0 Å². The summed E-state index contributed by atoms with van der Waals surface area (Å²) >= 11 is 0. The maximum atomic E-state index is 12.1. The first-order valence-electron chi connectivity index (χ1n) is 7.82. The van der Waals surface area contributed by atoms with Crippen LogP contribution in [0.15, 0.2) is 24.3 Å². The summed E-state index contributed by atoms with van der Waals surface area (Å²) in [5.41, 5.74) is 1.19. The largest absolute Gasteiger partial charge is 0.352 e. The molecule has 1 heterocycles. The average molecular weight is 317 g/mol. The molecule has 124 valence electrons. The number of rotatable bonds is 5. The van der Waals surface area contributed by atoms with Crippen molar-refractivity contribution in [1.29, 1.82) is 0 Å². The van der Waals surface area contributed by atoms with Crippen molar-refractivity contribution in [2.75, 3.05) is 18.4 Å². The van der Waals surface area contributed by atoms with E-state index in [0.29, 0.717) is 30.8 Å². The summed E-state index contributed by atoms with van der Waals surface area (Å²) in [4.78, 5) is 36.8. The van der Waals surface area contributed by atoms with Crippen LogP contribution >= 0.6 is 0 Å². The van der Waals surface area contributed by atoms with Gasteiger partial charge in [0.15, 0.2) is 0 Å². The molecule has 2 rings (SSSR count). The van der Waals surface area contributed by atoms with E-state index in [4.69, 9.17) is 0 Å². The second kappa shape index (κ2) is 7.26. The SMILES string of the molecule is CC(=O)Nc1ccc(C(=O)NCC2CC(=O)N(C(C)C)C2)cc1. The maximum Gasteiger partial charge on any atom is 0.251 e. The summed E-state index contributed by atoms with van der Waals surface area (Å²) in [6, 6.07) is 6.91. The Kier molecular flexibility index (Phi) is 5.36. The third-order valence-electron chi connectivity index (χ3n) is 3.88. The van der Waals surface area contributed by atoms with Gasteiger partial charge < -0.3 is 15.5 Å². The zero-order valence-electron chi connectivity index (χ0n) is 13.8. The van der Waals surface area contributed by atoms with Crippen LogP contribution in [0.5, 0.6) is 0 Å². The highest BCUT2D eigenvalue weighted by Crippen LogP contribution is 2.19. The van der Waals surface area contributed by atoms with Crippen LogP contribution in [0, 0.1) is 5.92 Å². The molecule has 1 fully saturated rings. The number of likely N-dealkylation sites (tertiary alicyclic amines) is 1. The molecule has 23 heavy (non-hydrogen) atoms. The zero-order valence-corrected chi connectivity index (χ0v) is 13.8. The van der Waals surface area contributed by atoms with Crippen LogP contribution in [0.2, 0.25) is 0 Å². The van der Waals surface area contributed by atoms with Gasteiger partial charge in [0.2, 0.25) is 11.8 Å². The number of nitrogens with zero attached hydrogens (tertiary/aromatic N) is 1. The first-order valence-corrected chi connectivity index (χ1v) is 7.82. The number of nitrogens with one attached hydrogen (secondary N) is 2. The van der Waals surface area contributed by atoms with Crippen molar-refractivity contribution in [2.24, 2.45) is 5.92 Å². The summed E-state index contributed by atoms with van der Waals surface area (Å²) in [5.74, 6) is -0.0101. The molecule has 6 nitrogen and oxygen atoms in total. The molecule has 0 bridgehead atoms. The molecule has 1 aromatic rings. The van der Waals surface area contributed by atoms with Gasteiger partial charge in [-0.3, -0.25) is 14.4 Å². The topological polar surface area (TPSA) is 78.5 Å². The van der Waals surface area contributed by atoms with E-state index in [2.05, 4.69) is 10.6 Å². The monoisotopic (exact) mass is 317 g/mol. The van der Waals surface area contributed by atoms with E-state index in [1.807, 2.05) is 18.7 Å². The molecule has 0 saturated carbocycles. The Balaban J connectivity index is 1.85. The predicted octanol–water partition coefficient (Wildman–Crippen LogP) is 1.63. The minimum absolute atomic E-state index is 0.150. The number of hydrogen-bond acceptors (Lipinski definition) is 3. The van der Waals surface area contributed by atoms with E-state index in [1.54, 1.807) is 24.3 Å². The maximum absolute atomic E-state index is 12.1. The lowest BCUT2D eigenvalue weighted by atomic mass is 10.1. The van der Waals surface area contributed by atoms with Gasteiger partial charge in [-0.15, -0.1) is 0 Å². The molecule has 0 radical (unpaired) electrons. The Bertz CT molecular complexity index is 596. The Morgan fingerprint density at radius 1 is 1.26 bits per heavy atom.